The number of aromatic nitrogens is 1. The van der Waals surface area contributed by atoms with Crippen LogP contribution in [0.2, 0.25) is 5.02 Å². The van der Waals surface area contributed by atoms with Crippen molar-refractivity contribution in [3.05, 3.63) is 88.4 Å². The van der Waals surface area contributed by atoms with Crippen LogP contribution < -0.4 is 0 Å². The number of hydrogen-bond acceptors (Lipinski definition) is 1. The van der Waals surface area contributed by atoms with E-state index in [1.54, 1.807) is 0 Å². The molecule has 1 aromatic heterocycles. The number of halogens is 2. The average molecular weight is 395 g/mol. The van der Waals surface area contributed by atoms with Gasteiger partial charge >= 0.3 is 0 Å². The Morgan fingerprint density at radius 3 is 2.17 bits per heavy atom. The molecule has 0 bridgehead atoms. The van der Waals surface area contributed by atoms with Crippen LogP contribution in [0.3, 0.4) is 0 Å². The molecule has 0 amide bonds. The molecule has 4 aromatic rings. The topological polar surface area (TPSA) is 12.9 Å². The highest BCUT2D eigenvalue weighted by atomic mass is 79.9. The molecule has 0 saturated heterocycles. The largest absolute Gasteiger partial charge is 0.248 e. The number of nitrogens with zero attached hydrogens (tertiary/aromatic N) is 1. The zero-order valence-electron chi connectivity index (χ0n) is 12.7. The standard InChI is InChI=1S/C21H13BrClN/c22-16-9-5-14(6-10-16)19-13-21(15-7-11-17(23)12-8-15)24-20-4-2-1-3-18(19)20/h1-13H. The molecule has 0 N–H and O–H groups in total. The summed E-state index contributed by atoms with van der Waals surface area (Å²) in [6.45, 7) is 0. The maximum Gasteiger partial charge on any atom is 0.0715 e. The Hall–Kier alpha value is -2.16. The predicted octanol–water partition coefficient (Wildman–Crippen LogP) is 6.98. The second kappa shape index (κ2) is 6.39. The van der Waals surface area contributed by atoms with Gasteiger partial charge in [0.25, 0.3) is 0 Å². The molecule has 24 heavy (non-hydrogen) atoms. The summed E-state index contributed by atoms with van der Waals surface area (Å²) in [6, 6.07) is 26.6. The average Bonchev–Trinajstić information content (AvgIpc) is 2.62. The van der Waals surface area contributed by atoms with Gasteiger partial charge in [-0.2, -0.15) is 0 Å². The first-order valence-electron chi connectivity index (χ1n) is 7.62. The Balaban J connectivity index is 1.97. The third-order valence-corrected chi connectivity index (χ3v) is 4.79. The van der Waals surface area contributed by atoms with Gasteiger partial charge < -0.3 is 0 Å². The van der Waals surface area contributed by atoms with Gasteiger partial charge in [0.1, 0.15) is 0 Å². The van der Waals surface area contributed by atoms with Crippen LogP contribution in [0, 0.1) is 0 Å². The van der Waals surface area contributed by atoms with Crippen molar-refractivity contribution in [1.82, 2.24) is 4.98 Å². The number of benzene rings is 3. The molecule has 1 nitrogen and oxygen atoms in total. The SMILES string of the molecule is Clc1ccc(-c2cc(-c3ccc(Br)cc3)c3ccccc3n2)cc1. The highest BCUT2D eigenvalue weighted by Crippen LogP contribution is 2.32. The van der Waals surface area contributed by atoms with E-state index in [1.165, 1.54) is 11.1 Å². The summed E-state index contributed by atoms with van der Waals surface area (Å²) < 4.78 is 1.07. The fourth-order valence-electron chi connectivity index (χ4n) is 2.81. The van der Waals surface area contributed by atoms with Gasteiger partial charge in [-0.1, -0.05) is 70.0 Å². The Morgan fingerprint density at radius 2 is 1.42 bits per heavy atom. The number of pyridine rings is 1. The van der Waals surface area contributed by atoms with Gasteiger partial charge in [-0.25, -0.2) is 4.98 Å². The summed E-state index contributed by atoms with van der Waals surface area (Å²) in [5.41, 5.74) is 5.35. The minimum atomic E-state index is 0.729. The first-order valence-corrected chi connectivity index (χ1v) is 8.79. The molecule has 0 aliphatic rings. The van der Waals surface area contributed by atoms with Gasteiger partial charge in [-0.3, -0.25) is 0 Å². The maximum atomic E-state index is 6.01. The van der Waals surface area contributed by atoms with Gasteiger partial charge in [0.2, 0.25) is 0 Å². The summed E-state index contributed by atoms with van der Waals surface area (Å²) >= 11 is 9.51. The minimum Gasteiger partial charge on any atom is -0.248 e. The Morgan fingerprint density at radius 1 is 0.750 bits per heavy atom. The molecule has 0 aliphatic carbocycles. The monoisotopic (exact) mass is 393 g/mol. The van der Waals surface area contributed by atoms with Crippen LogP contribution in [0.4, 0.5) is 0 Å². The lowest BCUT2D eigenvalue weighted by Gasteiger charge is -2.10. The molecule has 0 spiro atoms. The third kappa shape index (κ3) is 2.95. The van der Waals surface area contributed by atoms with Crippen LogP contribution in [-0.4, -0.2) is 4.98 Å². The van der Waals surface area contributed by atoms with E-state index in [1.807, 2.05) is 36.4 Å². The summed E-state index contributed by atoms with van der Waals surface area (Å²) in [4.78, 5) is 4.83. The van der Waals surface area contributed by atoms with E-state index in [9.17, 15) is 0 Å². The van der Waals surface area contributed by atoms with E-state index in [4.69, 9.17) is 16.6 Å². The molecule has 4 rings (SSSR count). The smallest absolute Gasteiger partial charge is 0.0715 e. The van der Waals surface area contributed by atoms with Crippen LogP contribution >= 0.6 is 27.5 Å². The van der Waals surface area contributed by atoms with Gasteiger partial charge in [0.05, 0.1) is 11.2 Å². The molecular weight excluding hydrogens is 382 g/mol. The van der Waals surface area contributed by atoms with Crippen LogP contribution in [0.5, 0.6) is 0 Å². The van der Waals surface area contributed by atoms with Crippen molar-refractivity contribution in [2.75, 3.05) is 0 Å². The number of para-hydroxylation sites is 1. The zero-order valence-corrected chi connectivity index (χ0v) is 15.1. The first-order chi connectivity index (χ1) is 11.7. The van der Waals surface area contributed by atoms with E-state index in [-0.39, 0.29) is 0 Å². The lowest BCUT2D eigenvalue weighted by Crippen LogP contribution is -1.89. The summed E-state index contributed by atoms with van der Waals surface area (Å²) in [6.07, 6.45) is 0. The second-order valence-corrected chi connectivity index (χ2v) is 6.94. The Labute approximate surface area is 154 Å². The molecule has 0 fully saturated rings. The van der Waals surface area contributed by atoms with Crippen molar-refractivity contribution in [2.45, 2.75) is 0 Å². The lowest BCUT2D eigenvalue weighted by molar-refractivity contribution is 1.40. The summed E-state index contributed by atoms with van der Waals surface area (Å²) in [7, 11) is 0. The predicted molar refractivity (Wildman–Crippen MR) is 105 cm³/mol. The first kappa shape index (κ1) is 15.4. The molecule has 3 aromatic carbocycles. The van der Waals surface area contributed by atoms with Crippen molar-refractivity contribution < 1.29 is 0 Å². The van der Waals surface area contributed by atoms with Crippen LogP contribution in [0.1, 0.15) is 0 Å². The van der Waals surface area contributed by atoms with Crippen LogP contribution in [0.15, 0.2) is 83.3 Å². The van der Waals surface area contributed by atoms with E-state index in [0.29, 0.717) is 0 Å². The van der Waals surface area contributed by atoms with Gasteiger partial charge in [0.15, 0.2) is 0 Å². The number of rotatable bonds is 2. The van der Waals surface area contributed by atoms with E-state index in [0.717, 1.165) is 31.7 Å². The van der Waals surface area contributed by atoms with Gasteiger partial charge in [-0.05, 0) is 47.5 Å². The fraction of sp³-hybridized carbons (Fsp3) is 0. The molecule has 0 saturated carbocycles. The van der Waals surface area contributed by atoms with Crippen LogP contribution in [-0.2, 0) is 0 Å². The Kier molecular flexibility index (Phi) is 4.09. The van der Waals surface area contributed by atoms with Crippen LogP contribution in [0.25, 0.3) is 33.3 Å². The van der Waals surface area contributed by atoms with E-state index in [2.05, 4.69) is 58.4 Å². The molecule has 3 heteroatoms. The summed E-state index contributed by atoms with van der Waals surface area (Å²) in [5, 5.41) is 1.88. The Bertz CT molecular complexity index is 1010. The number of hydrogen-bond donors (Lipinski definition) is 0. The normalized spacial score (nSPS) is 10.9. The summed E-state index contributed by atoms with van der Waals surface area (Å²) in [5.74, 6) is 0. The highest BCUT2D eigenvalue weighted by molar-refractivity contribution is 9.10. The van der Waals surface area contributed by atoms with Crippen molar-refractivity contribution in [3.63, 3.8) is 0 Å². The molecular formula is C21H13BrClN. The molecule has 0 radical (unpaired) electrons. The van der Waals surface area contributed by atoms with Crippen molar-refractivity contribution in [3.8, 4) is 22.4 Å². The quantitative estimate of drug-likeness (QED) is 0.357. The molecule has 116 valence electrons. The molecule has 0 aliphatic heterocycles. The number of fused-ring (bicyclic) bond motifs is 1. The van der Waals surface area contributed by atoms with E-state index < -0.39 is 0 Å². The zero-order chi connectivity index (χ0) is 16.5. The third-order valence-electron chi connectivity index (χ3n) is 4.01. The van der Waals surface area contributed by atoms with Gasteiger partial charge in [-0.15, -0.1) is 0 Å². The second-order valence-electron chi connectivity index (χ2n) is 5.59. The fourth-order valence-corrected chi connectivity index (χ4v) is 3.20. The minimum absolute atomic E-state index is 0.729. The van der Waals surface area contributed by atoms with Crippen molar-refractivity contribution in [2.24, 2.45) is 0 Å². The van der Waals surface area contributed by atoms with Gasteiger partial charge in [0, 0.05) is 20.4 Å². The van der Waals surface area contributed by atoms with Crippen molar-refractivity contribution >= 4 is 38.4 Å². The lowest BCUT2D eigenvalue weighted by atomic mass is 9.98. The highest BCUT2D eigenvalue weighted by Gasteiger charge is 2.09. The molecule has 0 unspecified atom stereocenters. The molecule has 1 heterocycles. The van der Waals surface area contributed by atoms with E-state index >= 15 is 0 Å². The van der Waals surface area contributed by atoms with Crippen molar-refractivity contribution in [1.29, 1.82) is 0 Å². The maximum absolute atomic E-state index is 6.01. The molecule has 0 atom stereocenters.